The van der Waals surface area contributed by atoms with Crippen molar-refractivity contribution in [2.75, 3.05) is 6.54 Å². The molecule has 1 aromatic carbocycles. The fourth-order valence-electron chi connectivity index (χ4n) is 1.94. The van der Waals surface area contributed by atoms with Gasteiger partial charge in [-0.3, -0.25) is 9.78 Å². The number of rotatable bonds is 6. The van der Waals surface area contributed by atoms with Gasteiger partial charge in [-0.2, -0.15) is 0 Å². The number of nitrogens with zero attached hydrogens (tertiary/aromatic N) is 1. The molecule has 0 aliphatic heterocycles. The van der Waals surface area contributed by atoms with Crippen molar-refractivity contribution in [3.63, 3.8) is 0 Å². The maximum atomic E-state index is 11.0. The zero-order chi connectivity index (χ0) is 15.2. The van der Waals surface area contributed by atoms with Gasteiger partial charge in [-0.15, -0.1) is 0 Å². The molecule has 5 heteroatoms. The summed E-state index contributed by atoms with van der Waals surface area (Å²) in [7, 11) is 0. The number of hydrogen-bond acceptors (Lipinski definition) is 4. The fourth-order valence-corrected chi connectivity index (χ4v) is 1.94. The highest BCUT2D eigenvalue weighted by Crippen LogP contribution is 2.22. The number of nitrogens with two attached hydrogens (primary N) is 1. The molecule has 3 N–H and O–H groups in total. The van der Waals surface area contributed by atoms with Gasteiger partial charge in [0.15, 0.2) is 0 Å². The predicted molar refractivity (Wildman–Crippen MR) is 81.4 cm³/mol. The molecule has 2 rings (SSSR count). The van der Waals surface area contributed by atoms with E-state index in [1.165, 1.54) is 0 Å². The van der Waals surface area contributed by atoms with Gasteiger partial charge < -0.3 is 15.8 Å². The van der Waals surface area contributed by atoms with Crippen LogP contribution in [0.15, 0.2) is 42.6 Å². The zero-order valence-corrected chi connectivity index (χ0v) is 12.2. The van der Waals surface area contributed by atoms with Crippen molar-refractivity contribution in [1.82, 2.24) is 10.3 Å². The smallest absolute Gasteiger partial charge is 0.248 e. The van der Waals surface area contributed by atoms with E-state index in [-0.39, 0.29) is 6.04 Å². The molecule has 1 atom stereocenters. The molecule has 1 heterocycles. The second-order valence-corrected chi connectivity index (χ2v) is 4.69. The van der Waals surface area contributed by atoms with E-state index in [1.807, 2.05) is 12.1 Å². The van der Waals surface area contributed by atoms with Crippen molar-refractivity contribution in [1.29, 1.82) is 0 Å². The molecule has 0 aliphatic carbocycles. The van der Waals surface area contributed by atoms with Crippen molar-refractivity contribution in [3.8, 4) is 11.5 Å². The molecule has 0 saturated carbocycles. The molecule has 1 unspecified atom stereocenters. The number of carbonyl (C=O) groups is 1. The minimum Gasteiger partial charge on any atom is -0.456 e. The molecular weight excluding hydrogens is 266 g/mol. The first-order valence-corrected chi connectivity index (χ1v) is 6.87. The summed E-state index contributed by atoms with van der Waals surface area (Å²) in [5, 5.41) is 3.30. The number of benzene rings is 1. The van der Waals surface area contributed by atoms with Crippen molar-refractivity contribution in [3.05, 3.63) is 53.9 Å². The first-order chi connectivity index (χ1) is 10.1. The predicted octanol–water partition coefficient (Wildman–Crippen LogP) is 2.64. The Morgan fingerprint density at radius 3 is 2.43 bits per heavy atom. The van der Waals surface area contributed by atoms with Crippen LogP contribution in [0, 0.1) is 0 Å². The van der Waals surface area contributed by atoms with E-state index >= 15 is 0 Å². The summed E-state index contributed by atoms with van der Waals surface area (Å²) in [6, 6.07) is 10.7. The minimum atomic E-state index is -0.454. The summed E-state index contributed by atoms with van der Waals surface area (Å²) in [5.74, 6) is 0.827. The Morgan fingerprint density at radius 2 is 1.90 bits per heavy atom. The van der Waals surface area contributed by atoms with Crippen LogP contribution in [0.3, 0.4) is 0 Å². The van der Waals surface area contributed by atoms with Gasteiger partial charge in [0.25, 0.3) is 0 Å². The van der Waals surface area contributed by atoms with Gasteiger partial charge in [0.1, 0.15) is 11.5 Å². The lowest BCUT2D eigenvalue weighted by molar-refractivity contribution is 0.100. The van der Waals surface area contributed by atoms with Gasteiger partial charge in [0.2, 0.25) is 5.91 Å². The largest absolute Gasteiger partial charge is 0.456 e. The Kier molecular flexibility index (Phi) is 4.90. The molecule has 21 heavy (non-hydrogen) atoms. The van der Waals surface area contributed by atoms with E-state index in [0.29, 0.717) is 17.1 Å². The van der Waals surface area contributed by atoms with Crippen LogP contribution in [0.25, 0.3) is 0 Å². The van der Waals surface area contributed by atoms with E-state index in [0.717, 1.165) is 12.2 Å². The Labute approximate surface area is 124 Å². The molecule has 0 spiro atoms. The van der Waals surface area contributed by atoms with Crippen molar-refractivity contribution in [2.45, 2.75) is 19.9 Å². The summed E-state index contributed by atoms with van der Waals surface area (Å²) in [6.45, 7) is 5.02. The maximum absolute atomic E-state index is 11.0. The van der Waals surface area contributed by atoms with Crippen molar-refractivity contribution in [2.24, 2.45) is 5.73 Å². The van der Waals surface area contributed by atoms with Gasteiger partial charge in [-0.25, -0.2) is 0 Å². The Morgan fingerprint density at radius 1 is 1.24 bits per heavy atom. The summed E-state index contributed by atoms with van der Waals surface area (Å²) in [5.41, 5.74) is 6.61. The number of nitrogens with one attached hydrogen (secondary N) is 1. The lowest BCUT2D eigenvalue weighted by Crippen LogP contribution is -2.18. The number of pyridine rings is 1. The van der Waals surface area contributed by atoms with E-state index in [2.05, 4.69) is 24.1 Å². The summed E-state index contributed by atoms with van der Waals surface area (Å²) < 4.78 is 5.67. The average Bonchev–Trinajstić information content (AvgIpc) is 2.49. The average molecular weight is 285 g/mol. The van der Waals surface area contributed by atoms with Crippen molar-refractivity contribution < 1.29 is 9.53 Å². The molecule has 5 nitrogen and oxygen atoms in total. The van der Waals surface area contributed by atoms with Crippen LogP contribution in [0.4, 0.5) is 0 Å². The number of aromatic nitrogens is 1. The molecule has 0 aliphatic rings. The first kappa shape index (κ1) is 15.0. The van der Waals surface area contributed by atoms with Crippen molar-refractivity contribution >= 4 is 5.91 Å². The minimum absolute atomic E-state index is 0.207. The van der Waals surface area contributed by atoms with Crippen LogP contribution in [0.5, 0.6) is 11.5 Å². The topological polar surface area (TPSA) is 77.2 Å². The monoisotopic (exact) mass is 285 g/mol. The van der Waals surface area contributed by atoms with Crippen LogP contribution >= 0.6 is 0 Å². The van der Waals surface area contributed by atoms with Crippen LogP contribution < -0.4 is 15.8 Å². The summed E-state index contributed by atoms with van der Waals surface area (Å²) in [6.07, 6.45) is 1.69. The van der Waals surface area contributed by atoms with Gasteiger partial charge >= 0.3 is 0 Å². The fraction of sp³-hybridized carbons (Fsp3) is 0.250. The van der Waals surface area contributed by atoms with Gasteiger partial charge in [-0.05, 0) is 49.9 Å². The third-order valence-electron chi connectivity index (χ3n) is 3.09. The Hall–Kier alpha value is -2.40. The third-order valence-corrected chi connectivity index (χ3v) is 3.09. The molecule has 1 aromatic heterocycles. The molecule has 0 radical (unpaired) electrons. The standard InChI is InChI=1S/C16H19N3O2/c1-3-18-11(2)15-9-8-14(10-19-15)21-13-6-4-12(5-7-13)16(17)20/h4-11,18H,3H2,1-2H3,(H2,17,20). The summed E-state index contributed by atoms with van der Waals surface area (Å²) in [4.78, 5) is 15.4. The highest BCUT2D eigenvalue weighted by atomic mass is 16.5. The Bertz CT molecular complexity index is 594. The SMILES string of the molecule is CCNC(C)c1ccc(Oc2ccc(C(N)=O)cc2)cn1. The van der Waals surface area contributed by atoms with Crippen LogP contribution in [0.2, 0.25) is 0 Å². The van der Waals surface area contributed by atoms with Crippen LogP contribution in [-0.4, -0.2) is 17.4 Å². The lowest BCUT2D eigenvalue weighted by Gasteiger charge is -2.12. The second-order valence-electron chi connectivity index (χ2n) is 4.69. The van der Waals surface area contributed by atoms with Gasteiger partial charge in [0.05, 0.1) is 11.9 Å². The number of amides is 1. The number of primary amides is 1. The molecule has 1 amide bonds. The maximum Gasteiger partial charge on any atom is 0.248 e. The number of carbonyl (C=O) groups excluding carboxylic acids is 1. The normalized spacial score (nSPS) is 11.9. The first-order valence-electron chi connectivity index (χ1n) is 6.87. The molecule has 110 valence electrons. The van der Waals surface area contributed by atoms with E-state index in [1.54, 1.807) is 30.5 Å². The highest BCUT2D eigenvalue weighted by molar-refractivity contribution is 5.92. The van der Waals surface area contributed by atoms with E-state index in [4.69, 9.17) is 10.5 Å². The second kappa shape index (κ2) is 6.85. The third kappa shape index (κ3) is 4.03. The molecule has 0 bridgehead atoms. The Balaban J connectivity index is 2.04. The number of ether oxygens (including phenoxy) is 1. The zero-order valence-electron chi connectivity index (χ0n) is 12.2. The summed E-state index contributed by atoms with van der Waals surface area (Å²) >= 11 is 0. The van der Waals surface area contributed by atoms with Gasteiger partial charge in [0, 0.05) is 11.6 Å². The molecule has 2 aromatic rings. The number of hydrogen-bond donors (Lipinski definition) is 2. The highest BCUT2D eigenvalue weighted by Gasteiger charge is 2.06. The molecular formula is C16H19N3O2. The molecule has 0 saturated heterocycles. The van der Waals surface area contributed by atoms with E-state index < -0.39 is 5.91 Å². The lowest BCUT2D eigenvalue weighted by atomic mass is 10.2. The van der Waals surface area contributed by atoms with E-state index in [9.17, 15) is 4.79 Å². The molecule has 0 fully saturated rings. The van der Waals surface area contributed by atoms with Crippen LogP contribution in [-0.2, 0) is 0 Å². The van der Waals surface area contributed by atoms with Gasteiger partial charge in [-0.1, -0.05) is 6.92 Å². The van der Waals surface area contributed by atoms with Crippen LogP contribution in [0.1, 0.15) is 35.9 Å². The quantitative estimate of drug-likeness (QED) is 0.855.